The van der Waals surface area contributed by atoms with E-state index in [2.05, 4.69) is 10.3 Å². The molecular formula is C23H30N2O5S. The molecule has 0 unspecified atom stereocenters. The van der Waals surface area contributed by atoms with Crippen LogP contribution >= 0.6 is 11.3 Å². The van der Waals surface area contributed by atoms with Crippen molar-refractivity contribution in [3.05, 3.63) is 38.5 Å². The van der Waals surface area contributed by atoms with Crippen molar-refractivity contribution in [2.45, 2.75) is 68.4 Å². The number of anilines is 1. The second-order valence-electron chi connectivity index (χ2n) is 8.78. The molecule has 0 aliphatic carbocycles. The summed E-state index contributed by atoms with van der Waals surface area (Å²) in [5, 5.41) is 3.22. The molecule has 168 valence electrons. The fourth-order valence-electron chi connectivity index (χ4n) is 3.25. The molecule has 0 spiro atoms. The van der Waals surface area contributed by atoms with Crippen molar-refractivity contribution in [3.8, 4) is 0 Å². The van der Waals surface area contributed by atoms with E-state index in [0.29, 0.717) is 27.4 Å². The largest absolute Gasteiger partial charge is 0.451 e. The number of carbonyl (C=O) groups is 4. The maximum Gasteiger partial charge on any atom is 0.342 e. The molecule has 8 heteroatoms. The summed E-state index contributed by atoms with van der Waals surface area (Å²) in [7, 11) is 0. The predicted molar refractivity (Wildman–Crippen MR) is 121 cm³/mol. The second-order valence-corrected chi connectivity index (χ2v) is 10.0. The quantitative estimate of drug-likeness (QED) is 0.484. The highest BCUT2D eigenvalue weighted by atomic mass is 32.1. The first kappa shape index (κ1) is 24.5. The lowest BCUT2D eigenvalue weighted by molar-refractivity contribution is -0.123. The molecule has 0 saturated heterocycles. The van der Waals surface area contributed by atoms with E-state index in [1.165, 1.54) is 25.2 Å². The summed E-state index contributed by atoms with van der Waals surface area (Å²) in [6.07, 6.45) is -1.07. The lowest BCUT2D eigenvalue weighted by atomic mass is 9.96. The number of hydrogen-bond acceptors (Lipinski definition) is 6. The van der Waals surface area contributed by atoms with Crippen LogP contribution in [0.1, 0.15) is 87.5 Å². The van der Waals surface area contributed by atoms with E-state index in [9.17, 15) is 19.2 Å². The molecule has 2 aromatic heterocycles. The number of rotatable bonds is 6. The highest BCUT2D eigenvalue weighted by Gasteiger charge is 2.30. The van der Waals surface area contributed by atoms with Crippen LogP contribution in [0.25, 0.3) is 0 Å². The van der Waals surface area contributed by atoms with Crippen LogP contribution in [0.2, 0.25) is 0 Å². The Morgan fingerprint density at radius 3 is 2.06 bits per heavy atom. The van der Waals surface area contributed by atoms with Gasteiger partial charge in [-0.3, -0.25) is 14.4 Å². The van der Waals surface area contributed by atoms with Crippen molar-refractivity contribution in [1.29, 1.82) is 0 Å². The molecule has 1 atom stereocenters. The zero-order valence-corrected chi connectivity index (χ0v) is 20.3. The van der Waals surface area contributed by atoms with Gasteiger partial charge in [-0.25, -0.2) is 4.79 Å². The van der Waals surface area contributed by atoms with E-state index in [1.54, 1.807) is 41.5 Å². The number of carbonyl (C=O) groups excluding carboxylic acids is 4. The summed E-state index contributed by atoms with van der Waals surface area (Å²) in [6.45, 7) is 15.3. The molecule has 2 N–H and O–H groups in total. The smallest absolute Gasteiger partial charge is 0.342 e. The van der Waals surface area contributed by atoms with Gasteiger partial charge in [-0.05, 0) is 52.7 Å². The van der Waals surface area contributed by atoms with Gasteiger partial charge in [0.15, 0.2) is 11.9 Å². The Labute approximate surface area is 186 Å². The van der Waals surface area contributed by atoms with Crippen LogP contribution < -0.4 is 5.32 Å². The van der Waals surface area contributed by atoms with Crippen molar-refractivity contribution in [1.82, 2.24) is 4.98 Å². The number of ketones is 2. The molecule has 2 heterocycles. The van der Waals surface area contributed by atoms with E-state index in [0.717, 1.165) is 4.88 Å². The zero-order chi connectivity index (χ0) is 23.8. The molecule has 7 nitrogen and oxygen atoms in total. The van der Waals surface area contributed by atoms with E-state index >= 15 is 0 Å². The minimum absolute atomic E-state index is 0.140. The molecule has 1 amide bonds. The monoisotopic (exact) mass is 446 g/mol. The lowest BCUT2D eigenvalue weighted by Crippen LogP contribution is -2.29. The van der Waals surface area contributed by atoms with Gasteiger partial charge in [0.1, 0.15) is 5.00 Å². The number of H-pyrrole nitrogens is 1. The number of aromatic amines is 1. The van der Waals surface area contributed by atoms with E-state index in [-0.39, 0.29) is 22.9 Å². The standard InChI is InChI=1S/C23H30N2O5S/c1-10-15(6)31-20(25-22(29)23(7,8)9)17(10)21(28)30-14(5)19(27)18-11(2)16(13(4)26)12(3)24-18/h14,24H,1-9H3,(H,25,29)/t14-/m0/s1. The van der Waals surface area contributed by atoms with Crippen LogP contribution in [-0.2, 0) is 9.53 Å². The van der Waals surface area contributed by atoms with E-state index in [4.69, 9.17) is 4.74 Å². The summed E-state index contributed by atoms with van der Waals surface area (Å²) in [5.74, 6) is -1.47. The Kier molecular flexibility index (Phi) is 6.95. The normalized spacial score (nSPS) is 12.4. The number of thiophene rings is 1. The van der Waals surface area contributed by atoms with Gasteiger partial charge < -0.3 is 15.0 Å². The van der Waals surface area contributed by atoms with Crippen molar-refractivity contribution >= 4 is 39.8 Å². The summed E-state index contributed by atoms with van der Waals surface area (Å²) >= 11 is 1.30. The highest BCUT2D eigenvalue weighted by Crippen LogP contribution is 2.34. The average Bonchev–Trinajstić information content (AvgIpc) is 3.08. The number of hydrogen-bond donors (Lipinski definition) is 2. The third-order valence-electron chi connectivity index (χ3n) is 5.19. The average molecular weight is 447 g/mol. The zero-order valence-electron chi connectivity index (χ0n) is 19.5. The van der Waals surface area contributed by atoms with Crippen LogP contribution in [-0.4, -0.2) is 34.5 Å². The Morgan fingerprint density at radius 1 is 1.00 bits per heavy atom. The Balaban J connectivity index is 2.30. The molecule has 2 aromatic rings. The lowest BCUT2D eigenvalue weighted by Gasteiger charge is -2.18. The third-order valence-corrected chi connectivity index (χ3v) is 6.31. The fraction of sp³-hybridized carbons (Fsp3) is 0.478. The molecule has 2 rings (SSSR count). The SMILES string of the molecule is CC(=O)c1c(C)[nH]c(C(=O)[C@H](C)OC(=O)c2c(NC(=O)C(C)(C)C)sc(C)c2C)c1C. The van der Waals surface area contributed by atoms with Gasteiger partial charge in [0, 0.05) is 21.5 Å². The number of aryl methyl sites for hydroxylation is 2. The maximum absolute atomic E-state index is 13.0. The number of esters is 1. The summed E-state index contributed by atoms with van der Waals surface area (Å²) < 4.78 is 5.48. The molecule has 0 aliphatic rings. The van der Waals surface area contributed by atoms with Gasteiger partial charge in [-0.2, -0.15) is 0 Å². The molecule has 0 bridgehead atoms. The second kappa shape index (κ2) is 8.78. The molecule has 0 radical (unpaired) electrons. The van der Waals surface area contributed by atoms with Crippen molar-refractivity contribution in [3.63, 3.8) is 0 Å². The topological polar surface area (TPSA) is 105 Å². The van der Waals surface area contributed by atoms with Crippen LogP contribution in [0.5, 0.6) is 0 Å². The summed E-state index contributed by atoms with van der Waals surface area (Å²) in [5.41, 5.74) is 2.18. The molecule has 31 heavy (non-hydrogen) atoms. The first-order valence-corrected chi connectivity index (χ1v) is 10.8. The molecule has 0 aromatic carbocycles. The Bertz CT molecular complexity index is 1070. The summed E-state index contributed by atoms with van der Waals surface area (Å²) in [6, 6.07) is 0. The van der Waals surface area contributed by atoms with Gasteiger partial charge in [0.2, 0.25) is 11.7 Å². The minimum atomic E-state index is -1.07. The Hall–Kier alpha value is -2.74. The number of nitrogens with one attached hydrogen (secondary N) is 2. The van der Waals surface area contributed by atoms with Crippen LogP contribution in [0.3, 0.4) is 0 Å². The number of ether oxygens (including phenoxy) is 1. The van der Waals surface area contributed by atoms with Crippen LogP contribution in [0.15, 0.2) is 0 Å². The predicted octanol–water partition coefficient (Wildman–Crippen LogP) is 4.93. The van der Waals surface area contributed by atoms with Gasteiger partial charge in [0.25, 0.3) is 0 Å². The fourth-order valence-corrected chi connectivity index (χ4v) is 4.30. The first-order chi connectivity index (χ1) is 14.2. The van der Waals surface area contributed by atoms with Gasteiger partial charge in [-0.15, -0.1) is 11.3 Å². The van der Waals surface area contributed by atoms with Crippen molar-refractivity contribution in [2.75, 3.05) is 5.32 Å². The third kappa shape index (κ3) is 4.95. The number of aromatic nitrogens is 1. The highest BCUT2D eigenvalue weighted by molar-refractivity contribution is 7.16. The van der Waals surface area contributed by atoms with Gasteiger partial charge in [-0.1, -0.05) is 20.8 Å². The number of Topliss-reactive ketones (excluding diaryl/α,β-unsaturated/α-hetero) is 2. The number of amides is 1. The van der Waals surface area contributed by atoms with Gasteiger partial charge >= 0.3 is 5.97 Å². The van der Waals surface area contributed by atoms with Gasteiger partial charge in [0.05, 0.1) is 11.3 Å². The molecule has 0 fully saturated rings. The first-order valence-electron chi connectivity index (χ1n) is 10.0. The van der Waals surface area contributed by atoms with E-state index in [1.807, 2.05) is 6.92 Å². The van der Waals surface area contributed by atoms with Crippen molar-refractivity contribution < 1.29 is 23.9 Å². The Morgan fingerprint density at radius 2 is 1.58 bits per heavy atom. The molecule has 0 saturated carbocycles. The minimum Gasteiger partial charge on any atom is -0.451 e. The van der Waals surface area contributed by atoms with Crippen LogP contribution in [0, 0.1) is 33.1 Å². The van der Waals surface area contributed by atoms with E-state index < -0.39 is 23.3 Å². The molecular weight excluding hydrogens is 416 g/mol. The van der Waals surface area contributed by atoms with Crippen LogP contribution in [0.4, 0.5) is 5.00 Å². The maximum atomic E-state index is 13.0. The van der Waals surface area contributed by atoms with Crippen molar-refractivity contribution in [2.24, 2.45) is 5.41 Å². The summed E-state index contributed by atoms with van der Waals surface area (Å²) in [4.78, 5) is 54.0. The molecule has 0 aliphatic heterocycles.